The number of methoxy groups -OCH3 is 1. The van der Waals surface area contributed by atoms with Crippen LogP contribution in [0.4, 0.5) is 0 Å². The van der Waals surface area contributed by atoms with Crippen LogP contribution in [-0.4, -0.2) is 42.8 Å². The molecule has 3 heterocycles. The first-order valence-corrected chi connectivity index (χ1v) is 8.12. The topological polar surface area (TPSA) is 75.7 Å². The summed E-state index contributed by atoms with van der Waals surface area (Å²) in [7, 11) is 1.33. The molecule has 0 aliphatic carbocycles. The molecule has 0 saturated carbocycles. The summed E-state index contributed by atoms with van der Waals surface area (Å²) in [4.78, 5) is 13.9. The second-order valence-electron chi connectivity index (χ2n) is 6.24. The molecule has 0 radical (unpaired) electrons. The van der Waals surface area contributed by atoms with E-state index in [0.717, 1.165) is 50.8 Å². The van der Waals surface area contributed by atoms with Crippen LogP contribution in [-0.2, 0) is 16.0 Å². The fraction of sp³-hybridized carbons (Fsp3) is 0.647. The fourth-order valence-electron chi connectivity index (χ4n) is 3.79. The van der Waals surface area contributed by atoms with Gasteiger partial charge in [-0.2, -0.15) is 5.26 Å². The molecule has 3 rings (SSSR count). The first-order chi connectivity index (χ1) is 11.2. The molecule has 0 N–H and O–H groups in total. The van der Waals surface area contributed by atoms with Crippen LogP contribution in [0, 0.1) is 11.3 Å². The highest BCUT2D eigenvalue weighted by molar-refractivity contribution is 5.87. The molecule has 0 bridgehead atoms. The number of carbonyl (C=O) groups excluding carboxylic acids is 1. The third-order valence-corrected chi connectivity index (χ3v) is 4.91. The summed E-state index contributed by atoms with van der Waals surface area (Å²) in [5.41, 5.74) is 0.394. The Labute approximate surface area is 135 Å². The number of hydrogen-bond donors (Lipinski definition) is 0. The number of nitriles is 1. The van der Waals surface area contributed by atoms with Crippen LogP contribution in [0.25, 0.3) is 0 Å². The van der Waals surface area contributed by atoms with E-state index in [1.54, 1.807) is 6.07 Å². The number of hydrogen-bond acceptors (Lipinski definition) is 6. The second-order valence-corrected chi connectivity index (χ2v) is 6.24. The second kappa shape index (κ2) is 6.73. The average Bonchev–Trinajstić information content (AvgIpc) is 3.03. The summed E-state index contributed by atoms with van der Waals surface area (Å²) in [6.45, 7) is 2.03. The molecule has 2 atom stereocenters. The highest BCUT2D eigenvalue weighted by atomic mass is 16.5. The van der Waals surface area contributed by atoms with Crippen molar-refractivity contribution >= 4 is 5.97 Å². The Morgan fingerprint density at radius 1 is 1.48 bits per heavy atom. The van der Waals surface area contributed by atoms with Gasteiger partial charge in [0.25, 0.3) is 0 Å². The van der Waals surface area contributed by atoms with E-state index in [-0.39, 0.29) is 17.4 Å². The summed E-state index contributed by atoms with van der Waals surface area (Å²) >= 11 is 0. The Kier molecular flexibility index (Phi) is 4.69. The Balaban J connectivity index is 1.81. The van der Waals surface area contributed by atoms with Crippen molar-refractivity contribution in [2.24, 2.45) is 0 Å². The first-order valence-electron chi connectivity index (χ1n) is 8.12. The van der Waals surface area contributed by atoms with Crippen molar-refractivity contribution in [1.82, 2.24) is 4.90 Å². The lowest BCUT2D eigenvalue weighted by Crippen LogP contribution is -2.58. The molecule has 23 heavy (non-hydrogen) atoms. The number of rotatable bonds is 3. The molecule has 2 fully saturated rings. The summed E-state index contributed by atoms with van der Waals surface area (Å²) in [5.74, 6) is -0.271. The molecule has 0 amide bonds. The Morgan fingerprint density at radius 3 is 3.00 bits per heavy atom. The number of likely N-dealkylation sites (tertiary alicyclic amines) is 1. The maximum atomic E-state index is 11.8. The molecule has 1 aromatic heterocycles. The van der Waals surface area contributed by atoms with Gasteiger partial charge in [-0.3, -0.25) is 4.90 Å². The third-order valence-electron chi connectivity index (χ3n) is 4.91. The van der Waals surface area contributed by atoms with Gasteiger partial charge in [-0.25, -0.2) is 4.79 Å². The summed E-state index contributed by atoms with van der Waals surface area (Å²) in [5, 5.41) is 9.75. The van der Waals surface area contributed by atoms with Gasteiger partial charge >= 0.3 is 5.97 Å². The van der Waals surface area contributed by atoms with E-state index < -0.39 is 5.97 Å². The van der Waals surface area contributed by atoms with E-state index in [1.807, 2.05) is 0 Å². The summed E-state index contributed by atoms with van der Waals surface area (Å²) in [6, 6.07) is 3.92. The zero-order valence-corrected chi connectivity index (χ0v) is 13.4. The molecular formula is C17H22N2O4. The van der Waals surface area contributed by atoms with Crippen LogP contribution in [0.3, 0.4) is 0 Å². The largest absolute Gasteiger partial charge is 0.463 e. The molecule has 1 spiro atoms. The number of furan rings is 1. The van der Waals surface area contributed by atoms with Gasteiger partial charge in [0.05, 0.1) is 25.0 Å². The normalized spacial score (nSPS) is 28.4. The zero-order chi connectivity index (χ0) is 16.3. The molecule has 2 saturated heterocycles. The van der Waals surface area contributed by atoms with Crippen molar-refractivity contribution in [1.29, 1.82) is 5.26 Å². The van der Waals surface area contributed by atoms with Crippen molar-refractivity contribution in [2.75, 3.05) is 20.3 Å². The van der Waals surface area contributed by atoms with Gasteiger partial charge in [-0.15, -0.1) is 0 Å². The predicted molar refractivity (Wildman–Crippen MR) is 81.6 cm³/mol. The number of carbonyl (C=O) groups is 1. The Morgan fingerprint density at radius 2 is 2.30 bits per heavy atom. The number of esters is 1. The van der Waals surface area contributed by atoms with Gasteiger partial charge in [0.2, 0.25) is 5.76 Å². The van der Waals surface area contributed by atoms with Crippen LogP contribution in [0.15, 0.2) is 16.7 Å². The Bertz CT molecular complexity index is 592. The van der Waals surface area contributed by atoms with Crippen molar-refractivity contribution in [2.45, 2.75) is 50.3 Å². The highest BCUT2D eigenvalue weighted by Gasteiger charge is 2.47. The van der Waals surface area contributed by atoms with E-state index in [4.69, 9.17) is 13.9 Å². The molecule has 2 aliphatic heterocycles. The standard InChI is InChI=1S/C17H22N2O4/c1-21-16(20)15-13(5-10-22-15)12-19-8-4-7-17(14(19)11-18)6-2-3-9-23-17/h5,10,14H,2-4,6-9,12H2,1H3/t14-,17+/m0/s1. The number of ether oxygens (including phenoxy) is 2. The molecule has 0 aromatic carbocycles. The van der Waals surface area contributed by atoms with Gasteiger partial charge in [0, 0.05) is 18.7 Å². The maximum Gasteiger partial charge on any atom is 0.374 e. The van der Waals surface area contributed by atoms with Crippen LogP contribution >= 0.6 is 0 Å². The van der Waals surface area contributed by atoms with Gasteiger partial charge in [-0.05, 0) is 44.7 Å². The fourth-order valence-corrected chi connectivity index (χ4v) is 3.79. The van der Waals surface area contributed by atoms with E-state index in [2.05, 4.69) is 11.0 Å². The molecule has 2 aliphatic rings. The van der Waals surface area contributed by atoms with E-state index in [9.17, 15) is 10.1 Å². The van der Waals surface area contributed by atoms with Gasteiger partial charge < -0.3 is 13.9 Å². The molecule has 6 heteroatoms. The van der Waals surface area contributed by atoms with E-state index >= 15 is 0 Å². The lowest BCUT2D eigenvalue weighted by molar-refractivity contribution is -0.138. The number of nitrogens with zero attached hydrogens (tertiary/aromatic N) is 2. The van der Waals surface area contributed by atoms with Crippen molar-refractivity contribution < 1.29 is 18.7 Å². The van der Waals surface area contributed by atoms with E-state index in [1.165, 1.54) is 13.4 Å². The molecule has 1 aromatic rings. The van der Waals surface area contributed by atoms with Crippen molar-refractivity contribution in [3.63, 3.8) is 0 Å². The van der Waals surface area contributed by atoms with Crippen molar-refractivity contribution in [3.05, 3.63) is 23.7 Å². The third kappa shape index (κ3) is 2.99. The number of piperidine rings is 1. The maximum absolute atomic E-state index is 11.8. The average molecular weight is 318 g/mol. The van der Waals surface area contributed by atoms with Crippen molar-refractivity contribution in [3.8, 4) is 6.07 Å². The minimum atomic E-state index is -0.487. The monoisotopic (exact) mass is 318 g/mol. The lowest BCUT2D eigenvalue weighted by Gasteiger charge is -2.48. The van der Waals surface area contributed by atoms with Gasteiger partial charge in [0.1, 0.15) is 6.04 Å². The highest BCUT2D eigenvalue weighted by Crippen LogP contribution is 2.39. The van der Waals surface area contributed by atoms with E-state index in [0.29, 0.717) is 6.54 Å². The smallest absolute Gasteiger partial charge is 0.374 e. The summed E-state index contributed by atoms with van der Waals surface area (Å²) in [6.07, 6.45) is 6.50. The SMILES string of the molecule is COC(=O)c1occc1CN1CCC[C@]2(CCCCO2)[C@@H]1C#N. The van der Waals surface area contributed by atoms with Crippen LogP contribution in [0.5, 0.6) is 0 Å². The predicted octanol–water partition coefficient (Wildman–Crippen LogP) is 2.49. The minimum absolute atomic E-state index is 0.216. The zero-order valence-electron chi connectivity index (χ0n) is 13.4. The molecular weight excluding hydrogens is 296 g/mol. The Hall–Kier alpha value is -1.84. The van der Waals surface area contributed by atoms with Crippen LogP contribution < -0.4 is 0 Å². The van der Waals surface area contributed by atoms with Crippen LogP contribution in [0.2, 0.25) is 0 Å². The minimum Gasteiger partial charge on any atom is -0.463 e. The first kappa shape index (κ1) is 16.0. The quantitative estimate of drug-likeness (QED) is 0.797. The summed E-state index contributed by atoms with van der Waals surface area (Å²) < 4.78 is 16.1. The molecule has 0 unspecified atom stereocenters. The molecule has 6 nitrogen and oxygen atoms in total. The lowest BCUT2D eigenvalue weighted by atomic mass is 9.79. The van der Waals surface area contributed by atoms with Gasteiger partial charge in [0.15, 0.2) is 0 Å². The van der Waals surface area contributed by atoms with Crippen LogP contribution in [0.1, 0.15) is 48.2 Å². The van der Waals surface area contributed by atoms with Gasteiger partial charge in [-0.1, -0.05) is 0 Å². The molecule has 124 valence electrons.